The maximum absolute atomic E-state index is 12.9. The highest BCUT2D eigenvalue weighted by Gasteiger charge is 2.17. The van der Waals surface area contributed by atoms with E-state index in [1.165, 1.54) is 6.08 Å². The van der Waals surface area contributed by atoms with Crippen molar-refractivity contribution < 1.29 is 14.3 Å². The maximum atomic E-state index is 12.9. The fourth-order valence-corrected chi connectivity index (χ4v) is 3.68. The fourth-order valence-electron chi connectivity index (χ4n) is 3.68. The second-order valence-electron chi connectivity index (χ2n) is 8.51. The van der Waals surface area contributed by atoms with Crippen molar-refractivity contribution in [2.24, 2.45) is 0 Å². The van der Waals surface area contributed by atoms with E-state index in [4.69, 9.17) is 4.74 Å². The van der Waals surface area contributed by atoms with Gasteiger partial charge in [-0.25, -0.2) is 0 Å². The Bertz CT molecular complexity index is 1190. The first-order chi connectivity index (χ1) is 16.8. The van der Waals surface area contributed by atoms with Crippen LogP contribution in [0.25, 0.3) is 0 Å². The van der Waals surface area contributed by atoms with Crippen LogP contribution in [0.5, 0.6) is 5.75 Å². The predicted molar refractivity (Wildman–Crippen MR) is 141 cm³/mol. The third kappa shape index (κ3) is 6.77. The standard InChI is InChI=1S/C28H32N4O3/c1-6-27(33)30-24-18-22(26(35-5)19-25(24)32(4)15-14-31(2)3)17-23-16-21(12-13-29-23)28(34)20-10-8-7-9-11-20/h6-13,16,18-19H,1,14-15,17H2,2-5H3,(H,30,33). The van der Waals surface area contributed by atoms with Gasteiger partial charge in [-0.05, 0) is 38.4 Å². The molecule has 3 aromatic rings. The van der Waals surface area contributed by atoms with Gasteiger partial charge in [-0.15, -0.1) is 0 Å². The molecule has 0 saturated carbocycles. The zero-order chi connectivity index (χ0) is 25.4. The SMILES string of the molecule is C=CC(=O)Nc1cc(Cc2cc(C(=O)c3ccccc3)ccn2)c(OC)cc1N(C)CCN(C)C. The van der Waals surface area contributed by atoms with Gasteiger partial charge in [0, 0.05) is 61.2 Å². The molecule has 3 rings (SSSR count). The zero-order valence-electron chi connectivity index (χ0n) is 20.7. The number of hydrogen-bond donors (Lipinski definition) is 1. The number of methoxy groups -OCH3 is 1. The molecule has 7 heteroatoms. The topological polar surface area (TPSA) is 74.8 Å². The van der Waals surface area contributed by atoms with Gasteiger partial charge in [0.15, 0.2) is 5.78 Å². The molecule has 2 aromatic carbocycles. The summed E-state index contributed by atoms with van der Waals surface area (Å²) >= 11 is 0. The summed E-state index contributed by atoms with van der Waals surface area (Å²) in [4.78, 5) is 33.7. The van der Waals surface area contributed by atoms with E-state index in [0.717, 1.165) is 30.0 Å². The van der Waals surface area contributed by atoms with E-state index >= 15 is 0 Å². The minimum atomic E-state index is -0.294. The van der Waals surface area contributed by atoms with Crippen molar-refractivity contribution in [1.82, 2.24) is 9.88 Å². The van der Waals surface area contributed by atoms with Crippen LogP contribution >= 0.6 is 0 Å². The third-order valence-electron chi connectivity index (χ3n) is 5.62. The molecule has 7 nitrogen and oxygen atoms in total. The summed E-state index contributed by atoms with van der Waals surface area (Å²) in [5, 5.41) is 2.92. The van der Waals surface area contributed by atoms with E-state index < -0.39 is 0 Å². The highest BCUT2D eigenvalue weighted by Crippen LogP contribution is 2.34. The Morgan fingerprint density at radius 3 is 2.43 bits per heavy atom. The molecular weight excluding hydrogens is 440 g/mol. The van der Waals surface area contributed by atoms with Crippen LogP contribution in [0.1, 0.15) is 27.2 Å². The van der Waals surface area contributed by atoms with Crippen LogP contribution in [0.15, 0.2) is 73.4 Å². The van der Waals surface area contributed by atoms with E-state index in [2.05, 4.69) is 26.7 Å². The summed E-state index contributed by atoms with van der Waals surface area (Å²) in [5.74, 6) is 0.324. The van der Waals surface area contributed by atoms with Crippen LogP contribution in [-0.4, -0.2) is 62.9 Å². The van der Waals surface area contributed by atoms with Crippen LogP contribution in [0, 0.1) is 0 Å². The summed E-state index contributed by atoms with van der Waals surface area (Å²) in [6, 6.07) is 16.5. The van der Waals surface area contributed by atoms with E-state index in [0.29, 0.717) is 29.0 Å². The van der Waals surface area contributed by atoms with E-state index in [9.17, 15) is 9.59 Å². The monoisotopic (exact) mass is 472 g/mol. The number of ketones is 1. The number of rotatable bonds is 11. The van der Waals surface area contributed by atoms with Crippen molar-refractivity contribution in [2.75, 3.05) is 51.6 Å². The average molecular weight is 473 g/mol. The van der Waals surface area contributed by atoms with Gasteiger partial charge in [0.1, 0.15) is 5.75 Å². The lowest BCUT2D eigenvalue weighted by Crippen LogP contribution is -2.29. The van der Waals surface area contributed by atoms with E-state index in [1.54, 1.807) is 37.6 Å². The first-order valence-electron chi connectivity index (χ1n) is 11.4. The zero-order valence-corrected chi connectivity index (χ0v) is 20.7. The molecule has 0 radical (unpaired) electrons. The number of benzene rings is 2. The average Bonchev–Trinajstić information content (AvgIpc) is 2.87. The summed E-state index contributed by atoms with van der Waals surface area (Å²) < 4.78 is 5.70. The van der Waals surface area contributed by atoms with Gasteiger partial charge in [-0.1, -0.05) is 36.9 Å². The molecule has 0 spiro atoms. The molecule has 35 heavy (non-hydrogen) atoms. The molecule has 0 atom stereocenters. The van der Waals surface area contributed by atoms with Crippen LogP contribution in [0.4, 0.5) is 11.4 Å². The molecule has 1 N–H and O–H groups in total. The van der Waals surface area contributed by atoms with Gasteiger partial charge in [0.2, 0.25) is 5.91 Å². The third-order valence-corrected chi connectivity index (χ3v) is 5.62. The first-order valence-corrected chi connectivity index (χ1v) is 11.4. The molecule has 0 unspecified atom stereocenters. The van der Waals surface area contributed by atoms with Gasteiger partial charge in [0.25, 0.3) is 0 Å². The number of pyridine rings is 1. The number of carbonyl (C=O) groups is 2. The van der Waals surface area contributed by atoms with E-state index in [-0.39, 0.29) is 11.7 Å². The van der Waals surface area contributed by atoms with Crippen molar-refractivity contribution in [2.45, 2.75) is 6.42 Å². The highest BCUT2D eigenvalue weighted by atomic mass is 16.5. The van der Waals surface area contributed by atoms with E-state index in [1.807, 2.05) is 51.5 Å². The molecular formula is C28H32N4O3. The van der Waals surface area contributed by atoms with Crippen molar-refractivity contribution >= 4 is 23.1 Å². The minimum Gasteiger partial charge on any atom is -0.496 e. The molecule has 1 amide bonds. The number of carbonyl (C=O) groups excluding carboxylic acids is 2. The molecule has 0 saturated heterocycles. The van der Waals surface area contributed by atoms with Crippen LogP contribution in [-0.2, 0) is 11.2 Å². The number of ether oxygens (including phenoxy) is 1. The summed E-state index contributed by atoms with van der Waals surface area (Å²) in [6.07, 6.45) is 3.31. The fraction of sp³-hybridized carbons (Fsp3) is 0.250. The quantitative estimate of drug-likeness (QED) is 0.335. The number of hydrogen-bond acceptors (Lipinski definition) is 6. The number of anilines is 2. The van der Waals surface area contributed by atoms with Gasteiger partial charge in [0.05, 0.1) is 18.5 Å². The normalized spacial score (nSPS) is 10.7. The molecule has 0 aliphatic heterocycles. The Morgan fingerprint density at radius 2 is 1.77 bits per heavy atom. The molecule has 0 aliphatic rings. The number of nitrogens with zero attached hydrogens (tertiary/aromatic N) is 3. The van der Waals surface area contributed by atoms with Gasteiger partial charge in [-0.2, -0.15) is 0 Å². The molecule has 0 bridgehead atoms. The molecule has 1 aromatic heterocycles. The van der Waals surface area contributed by atoms with Crippen molar-refractivity contribution in [3.8, 4) is 5.75 Å². The van der Waals surface area contributed by atoms with Crippen LogP contribution in [0.2, 0.25) is 0 Å². The first kappa shape index (κ1) is 25.6. The Balaban J connectivity index is 1.95. The number of aromatic nitrogens is 1. The largest absolute Gasteiger partial charge is 0.496 e. The Labute approximate surface area is 207 Å². The minimum absolute atomic E-state index is 0.0574. The van der Waals surface area contributed by atoms with Crippen molar-refractivity contribution in [3.63, 3.8) is 0 Å². The second kappa shape index (κ2) is 11.9. The maximum Gasteiger partial charge on any atom is 0.247 e. The Kier molecular flexibility index (Phi) is 8.75. The number of likely N-dealkylation sites (N-methyl/N-ethyl adjacent to an activating group) is 2. The van der Waals surface area contributed by atoms with Gasteiger partial charge in [-0.3, -0.25) is 14.6 Å². The summed E-state index contributed by atoms with van der Waals surface area (Å²) in [7, 11) is 7.62. The predicted octanol–water partition coefficient (Wildman–Crippen LogP) is 4.03. The van der Waals surface area contributed by atoms with Gasteiger partial charge >= 0.3 is 0 Å². The molecule has 182 valence electrons. The van der Waals surface area contributed by atoms with Crippen LogP contribution < -0.4 is 15.0 Å². The summed E-state index contributed by atoms with van der Waals surface area (Å²) in [6.45, 7) is 5.18. The molecule has 0 aliphatic carbocycles. The molecule has 1 heterocycles. The lowest BCUT2D eigenvalue weighted by Gasteiger charge is -2.26. The van der Waals surface area contributed by atoms with Crippen molar-refractivity contribution in [3.05, 3.63) is 95.8 Å². The lowest BCUT2D eigenvalue weighted by molar-refractivity contribution is -0.111. The second-order valence-corrected chi connectivity index (χ2v) is 8.51. The number of amides is 1. The highest BCUT2D eigenvalue weighted by molar-refractivity contribution is 6.09. The summed E-state index contributed by atoms with van der Waals surface area (Å²) in [5.41, 5.74) is 4.25. The smallest absolute Gasteiger partial charge is 0.247 e. The number of nitrogens with one attached hydrogen (secondary N) is 1. The van der Waals surface area contributed by atoms with Crippen molar-refractivity contribution in [1.29, 1.82) is 0 Å². The Morgan fingerprint density at radius 1 is 1.03 bits per heavy atom. The molecule has 0 fully saturated rings. The van der Waals surface area contributed by atoms with Gasteiger partial charge < -0.3 is 19.9 Å². The Hall–Kier alpha value is -3.97. The van der Waals surface area contributed by atoms with Crippen LogP contribution in [0.3, 0.4) is 0 Å². The lowest BCUT2D eigenvalue weighted by atomic mass is 10.0.